The van der Waals surface area contributed by atoms with Gasteiger partial charge in [-0.15, -0.1) is 0 Å². The van der Waals surface area contributed by atoms with Gasteiger partial charge in [0.1, 0.15) is 0 Å². The molecule has 30 heavy (non-hydrogen) atoms. The maximum Gasteiger partial charge on any atom is 0.243 e. The van der Waals surface area contributed by atoms with Crippen LogP contribution >= 0.6 is 11.8 Å². The van der Waals surface area contributed by atoms with Crippen molar-refractivity contribution < 1.29 is 8.42 Å². The van der Waals surface area contributed by atoms with Crippen LogP contribution in [0.5, 0.6) is 0 Å². The van der Waals surface area contributed by atoms with Crippen molar-refractivity contribution in [2.45, 2.75) is 48.5 Å². The Morgan fingerprint density at radius 1 is 1.13 bits per heavy atom. The molecule has 0 radical (unpaired) electrons. The van der Waals surface area contributed by atoms with Crippen molar-refractivity contribution in [3.05, 3.63) is 53.6 Å². The predicted molar refractivity (Wildman–Crippen MR) is 119 cm³/mol. The zero-order valence-electron chi connectivity index (χ0n) is 16.9. The van der Waals surface area contributed by atoms with Gasteiger partial charge in [0.2, 0.25) is 10.0 Å². The van der Waals surface area contributed by atoms with Crippen molar-refractivity contribution in [1.29, 1.82) is 5.26 Å². The van der Waals surface area contributed by atoms with E-state index in [-0.39, 0.29) is 0 Å². The van der Waals surface area contributed by atoms with Gasteiger partial charge in [0.25, 0.3) is 0 Å². The van der Waals surface area contributed by atoms with E-state index in [2.05, 4.69) is 10.6 Å². The molecule has 1 aromatic heterocycles. The van der Waals surface area contributed by atoms with Gasteiger partial charge >= 0.3 is 0 Å². The fraction of sp³-hybridized carbons (Fsp3) is 0.364. The molecule has 3 aromatic rings. The predicted octanol–water partition coefficient (Wildman–Crippen LogP) is 4.39. The summed E-state index contributed by atoms with van der Waals surface area (Å²) < 4.78 is 29.7. The second-order valence-electron chi connectivity index (χ2n) is 7.31. The average molecular weight is 441 g/mol. The maximum atomic E-state index is 13.0. The molecular weight excluding hydrogens is 416 g/mol. The fourth-order valence-electron chi connectivity index (χ4n) is 3.82. The lowest BCUT2D eigenvalue weighted by Crippen LogP contribution is -2.35. The van der Waals surface area contributed by atoms with Crippen LogP contribution in [0.2, 0.25) is 0 Å². The summed E-state index contributed by atoms with van der Waals surface area (Å²) in [4.78, 5) is 5.04. The lowest BCUT2D eigenvalue weighted by molar-refractivity contribution is 0.346. The highest BCUT2D eigenvalue weighted by molar-refractivity contribution is 7.98. The fourth-order valence-corrected chi connectivity index (χ4v) is 6.44. The van der Waals surface area contributed by atoms with E-state index in [1.165, 1.54) is 0 Å². The zero-order chi connectivity index (χ0) is 21.1. The number of hydrogen-bond acceptors (Lipinski definition) is 5. The molecule has 0 amide bonds. The maximum absolute atomic E-state index is 13.0. The number of aromatic nitrogens is 2. The van der Waals surface area contributed by atoms with E-state index < -0.39 is 10.0 Å². The van der Waals surface area contributed by atoms with E-state index in [1.54, 1.807) is 28.2 Å². The van der Waals surface area contributed by atoms with Gasteiger partial charge in [-0.3, -0.25) is 0 Å². The molecule has 156 valence electrons. The molecular formula is C22H24N4O2S2. The number of fused-ring (bicyclic) bond motifs is 1. The van der Waals surface area contributed by atoms with Crippen LogP contribution in [-0.2, 0) is 22.3 Å². The van der Waals surface area contributed by atoms with Crippen LogP contribution in [-0.4, -0.2) is 35.4 Å². The first kappa shape index (κ1) is 20.9. The molecule has 0 saturated carbocycles. The van der Waals surface area contributed by atoms with Crippen LogP contribution in [0.4, 0.5) is 0 Å². The van der Waals surface area contributed by atoms with Crippen molar-refractivity contribution >= 4 is 32.8 Å². The lowest BCUT2D eigenvalue weighted by Gasteiger charge is -2.25. The summed E-state index contributed by atoms with van der Waals surface area (Å²) in [6, 6.07) is 15.0. The zero-order valence-corrected chi connectivity index (χ0v) is 18.5. The Morgan fingerprint density at radius 2 is 1.90 bits per heavy atom. The second-order valence-corrected chi connectivity index (χ2v) is 10.2. The molecule has 0 spiro atoms. The minimum Gasteiger partial charge on any atom is -0.319 e. The third-order valence-electron chi connectivity index (χ3n) is 5.45. The Labute approximate surface area is 181 Å². The molecule has 0 unspecified atom stereocenters. The van der Waals surface area contributed by atoms with Crippen LogP contribution in [0.25, 0.3) is 11.0 Å². The molecule has 0 bridgehead atoms. The van der Waals surface area contributed by atoms with E-state index in [9.17, 15) is 13.7 Å². The molecule has 1 aliphatic rings. The first-order valence-corrected chi connectivity index (χ1v) is 12.6. The summed E-state index contributed by atoms with van der Waals surface area (Å²) >= 11 is 1.56. The van der Waals surface area contributed by atoms with E-state index in [0.717, 1.165) is 42.0 Å². The first-order chi connectivity index (χ1) is 14.5. The van der Waals surface area contributed by atoms with Gasteiger partial charge in [0.05, 0.1) is 27.6 Å². The summed E-state index contributed by atoms with van der Waals surface area (Å²) in [7, 11) is -3.49. The SMILES string of the molecule is CCn1c(SCc2ccccc2C#N)nc2cc(S(=O)(=O)N3CCCCC3)ccc21. The monoisotopic (exact) mass is 440 g/mol. The highest BCUT2D eigenvalue weighted by atomic mass is 32.2. The van der Waals surface area contributed by atoms with Crippen molar-refractivity contribution in [3.8, 4) is 6.07 Å². The number of nitriles is 1. The Kier molecular flexibility index (Phi) is 6.14. The van der Waals surface area contributed by atoms with Crippen LogP contribution in [0.3, 0.4) is 0 Å². The number of aryl methyl sites for hydroxylation is 1. The van der Waals surface area contributed by atoms with Gasteiger partial charge in [-0.1, -0.05) is 36.4 Å². The third kappa shape index (κ3) is 3.97. The minimum absolute atomic E-state index is 0.309. The van der Waals surface area contributed by atoms with Gasteiger partial charge in [0.15, 0.2) is 5.16 Å². The highest BCUT2D eigenvalue weighted by Crippen LogP contribution is 2.30. The summed E-state index contributed by atoms with van der Waals surface area (Å²) in [5.74, 6) is 0.631. The molecule has 6 nitrogen and oxygen atoms in total. The Hall–Kier alpha value is -2.34. The number of thioether (sulfide) groups is 1. The number of rotatable bonds is 6. The van der Waals surface area contributed by atoms with Crippen LogP contribution in [0, 0.1) is 11.3 Å². The number of piperidine rings is 1. The summed E-state index contributed by atoms with van der Waals surface area (Å²) in [5, 5.41) is 10.1. The standard InChI is InChI=1S/C22H24N4O2S2/c1-2-26-21-11-10-19(30(27,28)25-12-6-3-7-13-25)14-20(21)24-22(26)29-16-18-9-5-4-8-17(18)15-23/h4-5,8-11,14H,2-3,6-7,12-13,16H2,1H3. The molecule has 8 heteroatoms. The second kappa shape index (κ2) is 8.80. The van der Waals surface area contributed by atoms with Crippen molar-refractivity contribution in [1.82, 2.24) is 13.9 Å². The van der Waals surface area contributed by atoms with Gasteiger partial charge < -0.3 is 4.57 Å². The quantitative estimate of drug-likeness (QED) is 0.531. The molecule has 2 aromatic carbocycles. The van der Waals surface area contributed by atoms with Gasteiger partial charge in [0, 0.05) is 25.4 Å². The Balaban J connectivity index is 1.65. The Morgan fingerprint density at radius 3 is 2.63 bits per heavy atom. The van der Waals surface area contributed by atoms with Crippen LogP contribution in [0.15, 0.2) is 52.5 Å². The molecule has 1 aliphatic heterocycles. The van der Waals surface area contributed by atoms with E-state index in [4.69, 9.17) is 4.98 Å². The van der Waals surface area contributed by atoms with Gasteiger partial charge in [-0.05, 0) is 49.6 Å². The molecule has 0 atom stereocenters. The molecule has 0 N–H and O–H groups in total. The van der Waals surface area contributed by atoms with E-state index in [0.29, 0.717) is 34.8 Å². The molecule has 4 rings (SSSR count). The number of sulfonamides is 1. The molecule has 2 heterocycles. The van der Waals surface area contributed by atoms with E-state index in [1.807, 2.05) is 37.3 Å². The van der Waals surface area contributed by atoms with Crippen molar-refractivity contribution in [2.24, 2.45) is 0 Å². The topological polar surface area (TPSA) is 79.0 Å². The number of benzene rings is 2. The lowest BCUT2D eigenvalue weighted by atomic mass is 10.1. The number of hydrogen-bond donors (Lipinski definition) is 0. The highest BCUT2D eigenvalue weighted by Gasteiger charge is 2.26. The Bertz CT molecular complexity index is 1210. The average Bonchev–Trinajstić information content (AvgIpc) is 3.15. The van der Waals surface area contributed by atoms with E-state index >= 15 is 0 Å². The minimum atomic E-state index is -3.49. The first-order valence-electron chi connectivity index (χ1n) is 10.2. The molecule has 1 saturated heterocycles. The summed E-state index contributed by atoms with van der Waals surface area (Å²) in [6.45, 7) is 3.95. The van der Waals surface area contributed by atoms with Gasteiger partial charge in [-0.2, -0.15) is 9.57 Å². The normalized spacial score (nSPS) is 15.3. The van der Waals surface area contributed by atoms with Crippen LogP contribution in [0.1, 0.15) is 37.3 Å². The summed E-state index contributed by atoms with van der Waals surface area (Å²) in [6.07, 6.45) is 2.91. The van der Waals surface area contributed by atoms with Gasteiger partial charge in [-0.25, -0.2) is 13.4 Å². The largest absolute Gasteiger partial charge is 0.319 e. The third-order valence-corrected chi connectivity index (χ3v) is 8.37. The molecule has 0 aliphatic carbocycles. The number of nitrogens with zero attached hydrogens (tertiary/aromatic N) is 4. The smallest absolute Gasteiger partial charge is 0.243 e. The van der Waals surface area contributed by atoms with Crippen molar-refractivity contribution in [3.63, 3.8) is 0 Å². The number of imidazole rings is 1. The van der Waals surface area contributed by atoms with Crippen LogP contribution < -0.4 is 0 Å². The summed E-state index contributed by atoms with van der Waals surface area (Å²) in [5.41, 5.74) is 3.24. The molecule has 1 fully saturated rings. The van der Waals surface area contributed by atoms with Crippen molar-refractivity contribution in [2.75, 3.05) is 13.1 Å².